The van der Waals surface area contributed by atoms with E-state index in [1.807, 2.05) is 0 Å². The molecule has 0 saturated carbocycles. The molecule has 0 atom stereocenters. The molecule has 0 unspecified atom stereocenters. The predicted octanol–water partition coefficient (Wildman–Crippen LogP) is 5.00. The first-order chi connectivity index (χ1) is 12.4. The van der Waals surface area contributed by atoms with E-state index in [0.717, 1.165) is 0 Å². The van der Waals surface area contributed by atoms with Gasteiger partial charge in [-0.1, -0.05) is 23.7 Å². The largest absolute Gasteiger partial charge is 0.451 e. The number of hydrogen-bond acceptors (Lipinski definition) is 5. The number of aryl methyl sites for hydroxylation is 1. The maximum atomic E-state index is 13.1. The van der Waals surface area contributed by atoms with E-state index in [9.17, 15) is 13.2 Å². The summed E-state index contributed by atoms with van der Waals surface area (Å²) in [5.74, 6) is -0.929. The van der Waals surface area contributed by atoms with Gasteiger partial charge in [-0.25, -0.2) is 19.9 Å². The van der Waals surface area contributed by atoms with Crippen molar-refractivity contribution in [3.05, 3.63) is 59.8 Å². The van der Waals surface area contributed by atoms with Crippen LogP contribution < -0.4 is 4.74 Å². The van der Waals surface area contributed by atoms with E-state index >= 15 is 0 Å². The summed E-state index contributed by atoms with van der Waals surface area (Å²) in [6.45, 7) is 3.60. The Hall–Kier alpha value is -2.74. The van der Waals surface area contributed by atoms with Crippen molar-refractivity contribution in [2.24, 2.45) is 0 Å². The minimum absolute atomic E-state index is 0.0106. The maximum absolute atomic E-state index is 13.1. The topological polar surface area (TPSA) is 60.8 Å². The van der Waals surface area contributed by atoms with Crippen LogP contribution in [0.2, 0.25) is 5.02 Å². The average molecular weight is 381 g/mol. The summed E-state index contributed by atoms with van der Waals surface area (Å²) in [6, 6.07) is 4.61. The van der Waals surface area contributed by atoms with Crippen LogP contribution in [-0.4, -0.2) is 19.9 Å². The molecule has 0 aliphatic heterocycles. The number of halogens is 4. The Balaban J connectivity index is 2.14. The van der Waals surface area contributed by atoms with Crippen LogP contribution in [0.3, 0.4) is 0 Å². The van der Waals surface area contributed by atoms with Crippen molar-refractivity contribution in [2.75, 3.05) is 0 Å². The third kappa shape index (κ3) is 3.91. The van der Waals surface area contributed by atoms with Crippen LogP contribution >= 0.6 is 11.6 Å². The Bertz CT molecular complexity index is 945. The molecule has 0 amide bonds. The van der Waals surface area contributed by atoms with Gasteiger partial charge in [-0.15, -0.1) is 6.58 Å². The second kappa shape index (κ2) is 7.25. The van der Waals surface area contributed by atoms with Crippen molar-refractivity contribution < 1.29 is 17.9 Å². The number of ether oxygens (including phenoxy) is 1. The highest BCUT2D eigenvalue weighted by atomic mass is 35.5. The van der Waals surface area contributed by atoms with E-state index in [1.54, 1.807) is 12.1 Å². The Morgan fingerprint density at radius 3 is 2.54 bits per heavy atom. The minimum Gasteiger partial charge on any atom is -0.424 e. The zero-order valence-electron chi connectivity index (χ0n) is 13.3. The van der Waals surface area contributed by atoms with Crippen LogP contribution in [0.4, 0.5) is 13.2 Å². The third-order valence-electron chi connectivity index (χ3n) is 3.40. The molecule has 0 spiro atoms. The standard InChI is InChI=1S/C17H12ClF3N4O/c1-2-3-5-11-14-12(25-15(24-11)17(19,20)21)6-4-7-13(14)26-16-22-8-10(18)9-23-16/h2,4,6-9H,1,3,5H2. The van der Waals surface area contributed by atoms with Gasteiger partial charge in [0.1, 0.15) is 5.75 Å². The molecule has 0 saturated heterocycles. The molecule has 9 heteroatoms. The highest BCUT2D eigenvalue weighted by molar-refractivity contribution is 6.30. The first-order valence-electron chi connectivity index (χ1n) is 7.51. The fourth-order valence-corrected chi connectivity index (χ4v) is 2.41. The highest BCUT2D eigenvalue weighted by Crippen LogP contribution is 2.34. The number of fused-ring (bicyclic) bond motifs is 1. The molecular formula is C17H12ClF3N4O. The number of rotatable bonds is 5. The Labute approximate surface area is 151 Å². The molecule has 2 heterocycles. The van der Waals surface area contributed by atoms with E-state index in [-0.39, 0.29) is 29.4 Å². The Morgan fingerprint density at radius 2 is 1.88 bits per heavy atom. The lowest BCUT2D eigenvalue weighted by Gasteiger charge is -2.13. The molecule has 2 aromatic heterocycles. The van der Waals surface area contributed by atoms with Crippen molar-refractivity contribution >= 4 is 22.5 Å². The molecule has 0 aliphatic carbocycles. The van der Waals surface area contributed by atoms with E-state index in [0.29, 0.717) is 16.8 Å². The van der Waals surface area contributed by atoms with Gasteiger partial charge in [0.15, 0.2) is 0 Å². The number of nitrogens with zero attached hydrogens (tertiary/aromatic N) is 4. The summed E-state index contributed by atoms with van der Waals surface area (Å²) < 4.78 is 44.9. The van der Waals surface area contributed by atoms with E-state index in [2.05, 4.69) is 26.5 Å². The normalized spacial score (nSPS) is 11.5. The summed E-state index contributed by atoms with van der Waals surface area (Å²) >= 11 is 5.74. The van der Waals surface area contributed by atoms with Gasteiger partial charge in [0, 0.05) is 0 Å². The molecule has 1 aromatic carbocycles. The van der Waals surface area contributed by atoms with Gasteiger partial charge in [0.25, 0.3) is 0 Å². The number of alkyl halides is 3. The molecule has 3 rings (SSSR count). The van der Waals surface area contributed by atoms with Crippen molar-refractivity contribution in [3.63, 3.8) is 0 Å². The van der Waals surface area contributed by atoms with Gasteiger partial charge in [-0.3, -0.25) is 0 Å². The summed E-state index contributed by atoms with van der Waals surface area (Å²) in [7, 11) is 0. The molecule has 0 bridgehead atoms. The lowest BCUT2D eigenvalue weighted by molar-refractivity contribution is -0.144. The molecule has 5 nitrogen and oxygen atoms in total. The lowest BCUT2D eigenvalue weighted by atomic mass is 10.1. The van der Waals surface area contributed by atoms with Gasteiger partial charge in [-0.05, 0) is 25.0 Å². The van der Waals surface area contributed by atoms with Gasteiger partial charge < -0.3 is 4.74 Å². The smallest absolute Gasteiger partial charge is 0.424 e. The molecule has 0 aliphatic rings. The minimum atomic E-state index is -4.65. The molecule has 0 N–H and O–H groups in total. The van der Waals surface area contributed by atoms with Gasteiger partial charge in [-0.2, -0.15) is 13.2 Å². The first-order valence-corrected chi connectivity index (χ1v) is 7.89. The van der Waals surface area contributed by atoms with Crippen molar-refractivity contribution in [1.29, 1.82) is 0 Å². The fourth-order valence-electron chi connectivity index (χ4n) is 2.31. The van der Waals surface area contributed by atoms with Gasteiger partial charge in [0.05, 0.1) is 34.0 Å². The maximum Gasteiger partial charge on any atom is 0.451 e. The third-order valence-corrected chi connectivity index (χ3v) is 3.59. The van der Waals surface area contributed by atoms with Crippen LogP contribution in [-0.2, 0) is 12.6 Å². The predicted molar refractivity (Wildman–Crippen MR) is 90.2 cm³/mol. The second-order valence-corrected chi connectivity index (χ2v) is 5.69. The monoisotopic (exact) mass is 380 g/mol. The van der Waals surface area contributed by atoms with Gasteiger partial charge in [0.2, 0.25) is 5.82 Å². The summed E-state index contributed by atoms with van der Waals surface area (Å²) in [5, 5.41) is 0.709. The van der Waals surface area contributed by atoms with Gasteiger partial charge >= 0.3 is 12.2 Å². The van der Waals surface area contributed by atoms with Crippen LogP contribution in [0.25, 0.3) is 10.9 Å². The van der Waals surface area contributed by atoms with Crippen molar-refractivity contribution in [2.45, 2.75) is 19.0 Å². The van der Waals surface area contributed by atoms with Crippen molar-refractivity contribution in [1.82, 2.24) is 19.9 Å². The zero-order valence-corrected chi connectivity index (χ0v) is 14.1. The number of benzene rings is 1. The summed E-state index contributed by atoms with van der Waals surface area (Å²) in [5.41, 5.74) is 0.338. The summed E-state index contributed by atoms with van der Waals surface area (Å²) in [6.07, 6.45) is 0.376. The van der Waals surface area contributed by atoms with Crippen LogP contribution in [0.5, 0.6) is 11.8 Å². The molecular weight excluding hydrogens is 369 g/mol. The fraction of sp³-hybridized carbons (Fsp3) is 0.176. The first kappa shape index (κ1) is 18.1. The molecule has 0 radical (unpaired) electrons. The average Bonchev–Trinajstić information content (AvgIpc) is 2.60. The van der Waals surface area contributed by atoms with Crippen LogP contribution in [0, 0.1) is 0 Å². The molecule has 3 aromatic rings. The number of hydrogen-bond donors (Lipinski definition) is 0. The van der Waals surface area contributed by atoms with E-state index < -0.39 is 12.0 Å². The Morgan fingerprint density at radius 1 is 1.15 bits per heavy atom. The Kier molecular flexibility index (Phi) is 5.03. The lowest BCUT2D eigenvalue weighted by Crippen LogP contribution is -2.13. The molecule has 0 fully saturated rings. The van der Waals surface area contributed by atoms with E-state index in [4.69, 9.17) is 16.3 Å². The zero-order chi connectivity index (χ0) is 18.7. The quantitative estimate of drug-likeness (QED) is 0.583. The SMILES string of the molecule is C=CCCc1nc(C(F)(F)F)nc2cccc(Oc3ncc(Cl)cn3)c12. The van der Waals surface area contributed by atoms with Crippen LogP contribution in [0.1, 0.15) is 17.9 Å². The molecule has 134 valence electrons. The van der Waals surface area contributed by atoms with E-state index in [1.165, 1.54) is 24.5 Å². The highest BCUT2D eigenvalue weighted by Gasteiger charge is 2.35. The molecule has 26 heavy (non-hydrogen) atoms. The van der Waals surface area contributed by atoms with Crippen molar-refractivity contribution in [3.8, 4) is 11.8 Å². The number of allylic oxidation sites excluding steroid dienone is 1. The summed E-state index contributed by atoms with van der Waals surface area (Å²) in [4.78, 5) is 15.2. The van der Waals surface area contributed by atoms with Crippen LogP contribution in [0.15, 0.2) is 43.2 Å². The second-order valence-electron chi connectivity index (χ2n) is 5.26. The number of aromatic nitrogens is 4.